The van der Waals surface area contributed by atoms with Crippen LogP contribution in [0.15, 0.2) is 53.4 Å². The van der Waals surface area contributed by atoms with E-state index in [0.29, 0.717) is 24.0 Å². The van der Waals surface area contributed by atoms with E-state index in [1.54, 1.807) is 32.0 Å². The van der Waals surface area contributed by atoms with E-state index < -0.39 is 5.60 Å². The topological polar surface area (TPSA) is 115 Å². The minimum absolute atomic E-state index is 0.0963. The van der Waals surface area contributed by atoms with E-state index in [1.165, 1.54) is 0 Å². The van der Waals surface area contributed by atoms with Crippen molar-refractivity contribution in [2.75, 3.05) is 6.54 Å². The van der Waals surface area contributed by atoms with E-state index in [9.17, 15) is 19.5 Å². The number of benzene rings is 1. The Morgan fingerprint density at radius 3 is 2.59 bits per heavy atom. The number of carbonyl (C=O) groups is 2. The standard InChI is InChI=1S/C31H40N4O4/c1-19-14-23(11-10-22(19)17-24-16-21(3)33-34-29(24)38)28(37)32-18-26(36)35-25(30(4,5)39)15-20(2)27(35)31(6)12-8-7-9-13-31/h7-12,14,16,20,25,27,39H,13,15,17-18H2,1-6H3,(H,32,37)(H,34,38)/t20-,25-,27+,31?/m1/s1. The number of hydrogen-bond acceptors (Lipinski definition) is 5. The molecule has 1 aliphatic heterocycles. The van der Waals surface area contributed by atoms with Crippen molar-refractivity contribution in [1.29, 1.82) is 0 Å². The predicted octanol–water partition coefficient (Wildman–Crippen LogP) is 3.61. The third kappa shape index (κ3) is 6.06. The quantitative estimate of drug-likeness (QED) is 0.504. The summed E-state index contributed by atoms with van der Waals surface area (Å²) in [5.41, 5.74) is 2.04. The van der Waals surface area contributed by atoms with Gasteiger partial charge in [-0.05, 0) is 75.8 Å². The fourth-order valence-corrected chi connectivity index (χ4v) is 6.23. The summed E-state index contributed by atoms with van der Waals surface area (Å²) < 4.78 is 0. The van der Waals surface area contributed by atoms with Crippen molar-refractivity contribution in [1.82, 2.24) is 20.4 Å². The zero-order chi connectivity index (χ0) is 28.5. The Morgan fingerprint density at radius 2 is 1.95 bits per heavy atom. The predicted molar refractivity (Wildman–Crippen MR) is 151 cm³/mol. The highest BCUT2D eigenvalue weighted by molar-refractivity contribution is 5.96. The number of carbonyl (C=O) groups excluding carboxylic acids is 2. The minimum atomic E-state index is -1.07. The van der Waals surface area contributed by atoms with Crippen LogP contribution in [0.1, 0.15) is 73.3 Å². The lowest BCUT2D eigenvalue weighted by atomic mass is 9.72. The summed E-state index contributed by atoms with van der Waals surface area (Å²) in [4.78, 5) is 40.7. The van der Waals surface area contributed by atoms with Crippen LogP contribution in [0, 0.1) is 25.2 Å². The normalized spacial score (nSPS) is 24.7. The number of nitrogens with one attached hydrogen (secondary N) is 2. The number of hydrogen-bond donors (Lipinski definition) is 3. The van der Waals surface area contributed by atoms with Crippen LogP contribution in [0.4, 0.5) is 0 Å². The van der Waals surface area contributed by atoms with Gasteiger partial charge in [0.25, 0.3) is 11.5 Å². The van der Waals surface area contributed by atoms with Crippen LogP contribution >= 0.6 is 0 Å². The number of likely N-dealkylation sites (tertiary alicyclic amines) is 1. The second-order valence-corrected chi connectivity index (χ2v) is 12.0. The van der Waals surface area contributed by atoms with Gasteiger partial charge >= 0.3 is 0 Å². The molecule has 1 aliphatic carbocycles. The third-order valence-corrected chi connectivity index (χ3v) is 8.22. The molecule has 4 atom stereocenters. The van der Waals surface area contributed by atoms with Crippen molar-refractivity contribution in [3.63, 3.8) is 0 Å². The zero-order valence-corrected chi connectivity index (χ0v) is 23.7. The number of amides is 2. The van der Waals surface area contributed by atoms with Crippen molar-refractivity contribution >= 4 is 11.8 Å². The molecule has 39 heavy (non-hydrogen) atoms. The maximum atomic E-state index is 13.7. The fraction of sp³-hybridized carbons (Fsp3) is 0.484. The van der Waals surface area contributed by atoms with Crippen molar-refractivity contribution in [2.24, 2.45) is 11.3 Å². The number of nitrogens with zero attached hydrogens (tertiary/aromatic N) is 2. The van der Waals surface area contributed by atoms with Gasteiger partial charge in [-0.25, -0.2) is 5.10 Å². The second-order valence-electron chi connectivity index (χ2n) is 12.0. The molecule has 2 heterocycles. The molecular weight excluding hydrogens is 492 g/mol. The van der Waals surface area contributed by atoms with Gasteiger partial charge in [0.05, 0.1) is 23.9 Å². The van der Waals surface area contributed by atoms with Gasteiger partial charge in [0, 0.05) is 29.0 Å². The Balaban J connectivity index is 1.49. The summed E-state index contributed by atoms with van der Waals surface area (Å²) in [6.45, 7) is 11.3. The molecule has 8 nitrogen and oxygen atoms in total. The average Bonchev–Trinajstić information content (AvgIpc) is 3.25. The monoisotopic (exact) mass is 532 g/mol. The van der Waals surface area contributed by atoms with Crippen LogP contribution in [-0.4, -0.2) is 56.2 Å². The van der Waals surface area contributed by atoms with E-state index in [-0.39, 0.29) is 47.3 Å². The summed E-state index contributed by atoms with van der Waals surface area (Å²) in [5, 5.41) is 20.2. The maximum absolute atomic E-state index is 13.7. The highest BCUT2D eigenvalue weighted by Crippen LogP contribution is 2.46. The molecule has 2 amide bonds. The lowest BCUT2D eigenvalue weighted by molar-refractivity contribution is -0.140. The van der Waals surface area contributed by atoms with E-state index >= 15 is 0 Å². The van der Waals surface area contributed by atoms with Crippen LogP contribution in [-0.2, 0) is 11.2 Å². The number of aryl methyl sites for hydroxylation is 2. The number of aromatic amines is 1. The molecule has 208 valence electrons. The molecule has 2 aliphatic rings. The van der Waals surface area contributed by atoms with Gasteiger partial charge in [-0.15, -0.1) is 0 Å². The second kappa shape index (κ2) is 10.9. The lowest BCUT2D eigenvalue weighted by Crippen LogP contribution is -2.57. The Hall–Kier alpha value is -3.52. The third-order valence-electron chi connectivity index (χ3n) is 8.22. The number of rotatable bonds is 7. The molecule has 0 radical (unpaired) electrons. The SMILES string of the molecule is Cc1cc(Cc2ccc(C(=O)NCC(=O)N3[C@H](C4(C)C=CC=CC4)[C@H](C)C[C@@H]3C(C)(C)O)cc2C)c(=O)[nH]n1. The van der Waals surface area contributed by atoms with Crippen LogP contribution in [0.2, 0.25) is 0 Å². The summed E-state index contributed by atoms with van der Waals surface area (Å²) >= 11 is 0. The van der Waals surface area contributed by atoms with Gasteiger partial charge in [-0.2, -0.15) is 5.10 Å². The van der Waals surface area contributed by atoms with Crippen molar-refractivity contribution in [3.05, 3.63) is 86.9 Å². The highest BCUT2D eigenvalue weighted by atomic mass is 16.3. The smallest absolute Gasteiger partial charge is 0.267 e. The van der Waals surface area contributed by atoms with Crippen molar-refractivity contribution < 1.29 is 14.7 Å². The molecule has 1 saturated heterocycles. The number of allylic oxidation sites excluding steroid dienone is 3. The summed E-state index contributed by atoms with van der Waals surface area (Å²) in [6.07, 6.45) is 10.3. The molecule has 2 aromatic rings. The Bertz CT molecular complexity index is 1370. The van der Waals surface area contributed by atoms with Gasteiger partial charge in [-0.1, -0.05) is 44.2 Å². The van der Waals surface area contributed by atoms with Crippen LogP contribution in [0.3, 0.4) is 0 Å². The minimum Gasteiger partial charge on any atom is -0.388 e. The molecule has 0 saturated carbocycles. The van der Waals surface area contributed by atoms with Crippen molar-refractivity contribution in [3.8, 4) is 0 Å². The fourth-order valence-electron chi connectivity index (χ4n) is 6.23. The number of aliphatic hydroxyl groups is 1. The zero-order valence-electron chi connectivity index (χ0n) is 23.7. The number of H-pyrrole nitrogens is 1. The van der Waals surface area contributed by atoms with E-state index in [1.807, 2.05) is 37.0 Å². The first-order valence-corrected chi connectivity index (χ1v) is 13.6. The van der Waals surface area contributed by atoms with Crippen LogP contribution in [0.25, 0.3) is 0 Å². The lowest BCUT2D eigenvalue weighted by Gasteiger charge is -2.44. The van der Waals surface area contributed by atoms with Crippen LogP contribution in [0.5, 0.6) is 0 Å². The average molecular weight is 533 g/mol. The summed E-state index contributed by atoms with van der Waals surface area (Å²) in [7, 11) is 0. The van der Waals surface area contributed by atoms with Crippen molar-refractivity contribution in [2.45, 2.75) is 78.5 Å². The summed E-state index contributed by atoms with van der Waals surface area (Å²) in [6, 6.07) is 6.65. The maximum Gasteiger partial charge on any atom is 0.267 e. The van der Waals surface area contributed by atoms with Gasteiger partial charge in [0.1, 0.15) is 0 Å². The molecule has 0 spiro atoms. The van der Waals surface area contributed by atoms with Gasteiger partial charge in [0.15, 0.2) is 0 Å². The largest absolute Gasteiger partial charge is 0.388 e. The van der Waals surface area contributed by atoms with E-state index in [2.05, 4.69) is 41.5 Å². The Labute approximate surface area is 230 Å². The van der Waals surface area contributed by atoms with E-state index in [4.69, 9.17) is 0 Å². The van der Waals surface area contributed by atoms with Gasteiger partial charge < -0.3 is 15.3 Å². The van der Waals surface area contributed by atoms with Crippen LogP contribution < -0.4 is 10.9 Å². The first-order chi connectivity index (χ1) is 18.3. The first kappa shape index (κ1) is 28.5. The molecule has 1 fully saturated rings. The molecule has 1 aromatic heterocycles. The van der Waals surface area contributed by atoms with E-state index in [0.717, 1.165) is 23.2 Å². The molecule has 0 bridgehead atoms. The summed E-state index contributed by atoms with van der Waals surface area (Å²) in [5.74, 6) is -0.352. The van der Waals surface area contributed by atoms with Gasteiger partial charge in [0.2, 0.25) is 5.91 Å². The Morgan fingerprint density at radius 1 is 1.21 bits per heavy atom. The molecular formula is C31H40N4O4. The molecule has 4 rings (SSSR count). The molecule has 3 N–H and O–H groups in total. The molecule has 1 unspecified atom stereocenters. The number of aromatic nitrogens is 2. The first-order valence-electron chi connectivity index (χ1n) is 13.6. The highest BCUT2D eigenvalue weighted by Gasteiger charge is 2.53. The molecule has 8 heteroatoms. The van der Waals surface area contributed by atoms with Gasteiger partial charge in [-0.3, -0.25) is 14.4 Å². The molecule has 1 aromatic carbocycles. The Kier molecular flexibility index (Phi) is 7.98.